The van der Waals surface area contributed by atoms with E-state index in [1.54, 1.807) is 0 Å². The normalized spacial score (nSPS) is 27.8. The van der Waals surface area contributed by atoms with E-state index < -0.39 is 0 Å². The Balaban J connectivity index is 1.27. The lowest BCUT2D eigenvalue weighted by molar-refractivity contribution is 0.0322. The summed E-state index contributed by atoms with van der Waals surface area (Å²) in [4.78, 5) is 5.06. The van der Waals surface area contributed by atoms with Crippen LogP contribution in [0.5, 0.6) is 5.75 Å². The van der Waals surface area contributed by atoms with E-state index in [-0.39, 0.29) is 0 Å². The molecule has 3 aliphatic heterocycles. The van der Waals surface area contributed by atoms with Crippen LogP contribution in [0, 0.1) is 5.41 Å². The van der Waals surface area contributed by atoms with E-state index >= 15 is 0 Å². The third kappa shape index (κ3) is 4.77. The first-order chi connectivity index (χ1) is 12.8. The molecule has 1 atom stereocenters. The van der Waals surface area contributed by atoms with Gasteiger partial charge in [-0.05, 0) is 55.5 Å². The number of ether oxygens (including phenoxy) is 2. The van der Waals surface area contributed by atoms with Gasteiger partial charge < -0.3 is 14.8 Å². The molecule has 0 aromatic heterocycles. The van der Waals surface area contributed by atoms with Crippen molar-refractivity contribution in [2.45, 2.75) is 25.8 Å². The number of benzene rings is 1. The van der Waals surface area contributed by atoms with Crippen LogP contribution in [0.1, 0.15) is 24.8 Å². The van der Waals surface area contributed by atoms with Crippen molar-refractivity contribution in [2.24, 2.45) is 5.41 Å². The van der Waals surface area contributed by atoms with Crippen molar-refractivity contribution in [1.29, 1.82) is 0 Å². The summed E-state index contributed by atoms with van der Waals surface area (Å²) in [5.74, 6) is 1.00. The van der Waals surface area contributed by atoms with Gasteiger partial charge in [-0.15, -0.1) is 0 Å². The fraction of sp³-hybridized carbons (Fsp3) is 0.714. The standard InChI is InChI=1S/C21H33N3O2/c1-3-19(16-24-8-2-5-21(18-24)6-7-22-17-21)15-20(4-1)26-14-11-23-9-12-25-13-10-23/h1,3-4,15,22H,2,5-14,16-18H2/t21-/m1/s1. The van der Waals surface area contributed by atoms with Crippen LogP contribution in [0.15, 0.2) is 24.3 Å². The number of hydrogen-bond donors (Lipinski definition) is 1. The summed E-state index contributed by atoms with van der Waals surface area (Å²) in [5.41, 5.74) is 1.90. The third-order valence-corrected chi connectivity index (χ3v) is 6.16. The highest BCUT2D eigenvalue weighted by molar-refractivity contribution is 5.28. The molecule has 1 spiro atoms. The predicted molar refractivity (Wildman–Crippen MR) is 104 cm³/mol. The average Bonchev–Trinajstić information content (AvgIpc) is 3.10. The summed E-state index contributed by atoms with van der Waals surface area (Å²) >= 11 is 0. The molecule has 144 valence electrons. The molecule has 0 aliphatic carbocycles. The second-order valence-electron chi connectivity index (χ2n) is 8.19. The van der Waals surface area contributed by atoms with E-state index in [0.717, 1.165) is 51.7 Å². The van der Waals surface area contributed by atoms with Gasteiger partial charge in [0.2, 0.25) is 0 Å². The van der Waals surface area contributed by atoms with Crippen molar-refractivity contribution in [1.82, 2.24) is 15.1 Å². The Labute approximate surface area is 157 Å². The number of morpholine rings is 1. The molecule has 0 unspecified atom stereocenters. The molecule has 0 amide bonds. The van der Waals surface area contributed by atoms with Crippen molar-refractivity contribution < 1.29 is 9.47 Å². The first kappa shape index (κ1) is 18.2. The van der Waals surface area contributed by atoms with Crippen LogP contribution < -0.4 is 10.1 Å². The molecule has 3 fully saturated rings. The first-order valence-corrected chi connectivity index (χ1v) is 10.3. The molecular formula is C21H33N3O2. The summed E-state index contributed by atoms with van der Waals surface area (Å²) in [5, 5.41) is 3.57. The first-order valence-electron chi connectivity index (χ1n) is 10.3. The van der Waals surface area contributed by atoms with Gasteiger partial charge in [0, 0.05) is 39.3 Å². The molecule has 3 heterocycles. The number of hydrogen-bond acceptors (Lipinski definition) is 5. The molecule has 0 saturated carbocycles. The Hall–Kier alpha value is -1.14. The van der Waals surface area contributed by atoms with Crippen LogP contribution in [-0.4, -0.2) is 75.4 Å². The summed E-state index contributed by atoms with van der Waals surface area (Å²) in [6, 6.07) is 8.69. The zero-order chi connectivity index (χ0) is 17.7. The minimum atomic E-state index is 0.532. The molecule has 3 aliphatic rings. The van der Waals surface area contributed by atoms with Crippen LogP contribution in [0.4, 0.5) is 0 Å². The van der Waals surface area contributed by atoms with Gasteiger partial charge in [0.05, 0.1) is 13.2 Å². The van der Waals surface area contributed by atoms with E-state index in [0.29, 0.717) is 5.41 Å². The van der Waals surface area contributed by atoms with Crippen LogP contribution in [0.25, 0.3) is 0 Å². The predicted octanol–water partition coefficient (Wildman–Crippen LogP) is 1.97. The van der Waals surface area contributed by atoms with E-state index in [1.807, 2.05) is 0 Å². The number of likely N-dealkylation sites (tertiary alicyclic amines) is 1. The van der Waals surface area contributed by atoms with Crippen molar-refractivity contribution in [3.8, 4) is 5.75 Å². The lowest BCUT2D eigenvalue weighted by Crippen LogP contribution is -2.43. The zero-order valence-electron chi connectivity index (χ0n) is 15.9. The second kappa shape index (κ2) is 8.70. The van der Waals surface area contributed by atoms with Crippen molar-refractivity contribution in [3.63, 3.8) is 0 Å². The highest BCUT2D eigenvalue weighted by Crippen LogP contribution is 2.36. The molecular weight excluding hydrogens is 326 g/mol. The van der Waals surface area contributed by atoms with Gasteiger partial charge in [-0.3, -0.25) is 9.80 Å². The molecule has 1 aromatic carbocycles. The van der Waals surface area contributed by atoms with Gasteiger partial charge in [0.15, 0.2) is 0 Å². The van der Waals surface area contributed by atoms with Crippen LogP contribution in [0.3, 0.4) is 0 Å². The van der Waals surface area contributed by atoms with E-state index in [1.165, 1.54) is 51.0 Å². The second-order valence-corrected chi connectivity index (χ2v) is 8.19. The van der Waals surface area contributed by atoms with E-state index in [4.69, 9.17) is 9.47 Å². The molecule has 5 nitrogen and oxygen atoms in total. The number of nitrogens with zero attached hydrogens (tertiary/aromatic N) is 2. The smallest absolute Gasteiger partial charge is 0.119 e. The van der Waals surface area contributed by atoms with Gasteiger partial charge in [-0.1, -0.05) is 12.1 Å². The summed E-state index contributed by atoms with van der Waals surface area (Å²) in [6.45, 7) is 11.4. The van der Waals surface area contributed by atoms with Crippen molar-refractivity contribution >= 4 is 0 Å². The summed E-state index contributed by atoms with van der Waals surface area (Å²) < 4.78 is 11.4. The highest BCUT2D eigenvalue weighted by Gasteiger charge is 2.37. The van der Waals surface area contributed by atoms with Gasteiger partial charge in [0.25, 0.3) is 0 Å². The molecule has 4 rings (SSSR count). The maximum absolute atomic E-state index is 6.02. The van der Waals surface area contributed by atoms with Crippen molar-refractivity contribution in [3.05, 3.63) is 29.8 Å². The van der Waals surface area contributed by atoms with Gasteiger partial charge >= 0.3 is 0 Å². The van der Waals surface area contributed by atoms with E-state index in [2.05, 4.69) is 39.4 Å². The van der Waals surface area contributed by atoms with Crippen LogP contribution in [-0.2, 0) is 11.3 Å². The van der Waals surface area contributed by atoms with Crippen LogP contribution >= 0.6 is 0 Å². The van der Waals surface area contributed by atoms with Gasteiger partial charge in [-0.25, -0.2) is 0 Å². The number of nitrogens with one attached hydrogen (secondary N) is 1. The topological polar surface area (TPSA) is 37.0 Å². The quantitative estimate of drug-likeness (QED) is 0.841. The average molecular weight is 360 g/mol. The molecule has 5 heteroatoms. The Bertz CT molecular complexity index is 568. The fourth-order valence-corrected chi connectivity index (χ4v) is 4.70. The number of piperidine rings is 1. The maximum atomic E-state index is 6.02. The van der Waals surface area contributed by atoms with Gasteiger partial charge in [0.1, 0.15) is 12.4 Å². The molecule has 26 heavy (non-hydrogen) atoms. The lowest BCUT2D eigenvalue weighted by Gasteiger charge is -2.40. The maximum Gasteiger partial charge on any atom is 0.119 e. The molecule has 3 saturated heterocycles. The van der Waals surface area contributed by atoms with Crippen LogP contribution in [0.2, 0.25) is 0 Å². The Morgan fingerprint density at radius 2 is 2.04 bits per heavy atom. The fourth-order valence-electron chi connectivity index (χ4n) is 4.70. The molecule has 0 radical (unpaired) electrons. The van der Waals surface area contributed by atoms with Gasteiger partial charge in [-0.2, -0.15) is 0 Å². The lowest BCUT2D eigenvalue weighted by atomic mass is 9.79. The van der Waals surface area contributed by atoms with E-state index in [9.17, 15) is 0 Å². The molecule has 1 N–H and O–H groups in total. The zero-order valence-corrected chi connectivity index (χ0v) is 15.9. The monoisotopic (exact) mass is 359 g/mol. The minimum Gasteiger partial charge on any atom is -0.492 e. The largest absolute Gasteiger partial charge is 0.492 e. The SMILES string of the molecule is c1cc(CN2CCC[C@]3(CCNC3)C2)cc(OCCN2CCOCC2)c1. The number of rotatable bonds is 6. The summed E-state index contributed by atoms with van der Waals surface area (Å²) in [7, 11) is 0. The third-order valence-electron chi connectivity index (χ3n) is 6.16. The Kier molecular flexibility index (Phi) is 6.10. The highest BCUT2D eigenvalue weighted by atomic mass is 16.5. The molecule has 1 aromatic rings. The Morgan fingerprint density at radius 1 is 1.12 bits per heavy atom. The Morgan fingerprint density at radius 3 is 2.88 bits per heavy atom. The molecule has 0 bridgehead atoms. The minimum absolute atomic E-state index is 0.532. The summed E-state index contributed by atoms with van der Waals surface area (Å²) in [6.07, 6.45) is 4.06. The van der Waals surface area contributed by atoms with Crippen molar-refractivity contribution in [2.75, 3.05) is 65.6 Å².